The molecule has 4 nitrogen and oxygen atoms in total. The van der Waals surface area contributed by atoms with E-state index in [0.717, 1.165) is 26.7 Å². The number of aromatic nitrogens is 1. The van der Waals surface area contributed by atoms with Gasteiger partial charge in [0, 0.05) is 17.5 Å². The zero-order valence-corrected chi connectivity index (χ0v) is 16.8. The molecule has 3 rings (SSSR count). The van der Waals surface area contributed by atoms with Crippen molar-refractivity contribution in [3.63, 3.8) is 0 Å². The molecule has 136 valence electrons. The van der Waals surface area contributed by atoms with Crippen molar-refractivity contribution in [1.29, 1.82) is 0 Å². The summed E-state index contributed by atoms with van der Waals surface area (Å²) in [5, 5.41) is 1.05. The first-order chi connectivity index (χ1) is 12.4. The number of nitrogens with two attached hydrogens (primary N) is 1. The molecule has 1 atom stereocenters. The fourth-order valence-electron chi connectivity index (χ4n) is 2.50. The number of fused-ring (bicyclic) bond motifs is 1. The lowest BCUT2D eigenvalue weighted by molar-refractivity contribution is 0.269. The summed E-state index contributed by atoms with van der Waals surface area (Å²) in [7, 11) is 0. The number of ether oxygens (including phenoxy) is 2. The minimum Gasteiger partial charge on any atom is -0.492 e. The maximum atomic E-state index is 5.94. The van der Waals surface area contributed by atoms with Crippen LogP contribution in [0.5, 0.6) is 17.4 Å². The van der Waals surface area contributed by atoms with Crippen LogP contribution in [0.1, 0.15) is 32.4 Å². The minimum atomic E-state index is 0.00380. The first-order valence-corrected chi connectivity index (χ1v) is 9.48. The quantitative estimate of drug-likeness (QED) is 0.549. The molecule has 1 aromatic heterocycles. The number of nitrogens with zero attached hydrogens (tertiary/aromatic N) is 1. The van der Waals surface area contributed by atoms with E-state index < -0.39 is 0 Å². The lowest BCUT2D eigenvalue weighted by atomic mass is 10.1. The third-order valence-electron chi connectivity index (χ3n) is 3.91. The summed E-state index contributed by atoms with van der Waals surface area (Å²) in [5.41, 5.74) is 7.91. The Balaban J connectivity index is 1.78. The number of rotatable bonds is 6. The van der Waals surface area contributed by atoms with Crippen LogP contribution in [-0.2, 0) is 0 Å². The van der Waals surface area contributed by atoms with Gasteiger partial charge in [-0.15, -0.1) is 0 Å². The Hall–Kier alpha value is -2.11. The van der Waals surface area contributed by atoms with Crippen molar-refractivity contribution >= 4 is 26.8 Å². The van der Waals surface area contributed by atoms with Gasteiger partial charge in [0.05, 0.1) is 16.6 Å². The van der Waals surface area contributed by atoms with Crippen LogP contribution in [-0.4, -0.2) is 11.6 Å². The Labute approximate surface area is 162 Å². The molecule has 0 fully saturated rings. The van der Waals surface area contributed by atoms with Crippen LogP contribution in [0.2, 0.25) is 0 Å². The van der Waals surface area contributed by atoms with Gasteiger partial charge in [0.25, 0.3) is 0 Å². The molecule has 0 saturated heterocycles. The SMILES string of the molecule is CC(C)COc1ccc(Oc2ccc3cc(C(C)N)ccc3n2)cc1Br. The summed E-state index contributed by atoms with van der Waals surface area (Å²) in [6.07, 6.45) is 0. The van der Waals surface area contributed by atoms with Crippen LogP contribution in [0, 0.1) is 5.92 Å². The van der Waals surface area contributed by atoms with Crippen LogP contribution in [0.3, 0.4) is 0 Å². The Bertz CT molecular complexity index is 910. The summed E-state index contributed by atoms with van der Waals surface area (Å²) in [6.45, 7) is 6.88. The third kappa shape index (κ3) is 4.54. The van der Waals surface area contributed by atoms with Crippen LogP contribution in [0.15, 0.2) is 53.0 Å². The second-order valence-corrected chi connectivity index (χ2v) is 7.64. The van der Waals surface area contributed by atoms with E-state index in [-0.39, 0.29) is 6.04 Å². The van der Waals surface area contributed by atoms with Gasteiger partial charge in [-0.25, -0.2) is 4.98 Å². The van der Waals surface area contributed by atoms with Gasteiger partial charge in [-0.1, -0.05) is 19.9 Å². The second-order valence-electron chi connectivity index (χ2n) is 6.79. The van der Waals surface area contributed by atoms with Crippen molar-refractivity contribution < 1.29 is 9.47 Å². The van der Waals surface area contributed by atoms with Crippen LogP contribution < -0.4 is 15.2 Å². The number of pyridine rings is 1. The Morgan fingerprint density at radius 1 is 1.04 bits per heavy atom. The lowest BCUT2D eigenvalue weighted by Gasteiger charge is -2.12. The molecule has 0 amide bonds. The van der Waals surface area contributed by atoms with Crippen molar-refractivity contribution in [2.45, 2.75) is 26.8 Å². The smallest absolute Gasteiger partial charge is 0.219 e. The predicted octanol–water partition coefficient (Wildman–Crippen LogP) is 5.84. The maximum absolute atomic E-state index is 5.94. The highest BCUT2D eigenvalue weighted by molar-refractivity contribution is 9.10. The highest BCUT2D eigenvalue weighted by Gasteiger charge is 2.08. The zero-order chi connectivity index (χ0) is 18.7. The van der Waals surface area contributed by atoms with Crippen molar-refractivity contribution in [3.05, 3.63) is 58.6 Å². The molecule has 0 aliphatic heterocycles. The van der Waals surface area contributed by atoms with Gasteiger partial charge in [-0.05, 0) is 70.7 Å². The average Bonchev–Trinajstić information content (AvgIpc) is 2.60. The number of hydrogen-bond acceptors (Lipinski definition) is 4. The highest BCUT2D eigenvalue weighted by atomic mass is 79.9. The van der Waals surface area contributed by atoms with Crippen molar-refractivity contribution in [1.82, 2.24) is 4.98 Å². The highest BCUT2D eigenvalue weighted by Crippen LogP contribution is 2.32. The molecule has 0 radical (unpaired) electrons. The second kappa shape index (κ2) is 8.06. The van der Waals surface area contributed by atoms with E-state index in [1.807, 2.05) is 49.4 Å². The predicted molar refractivity (Wildman–Crippen MR) is 109 cm³/mol. The van der Waals surface area contributed by atoms with E-state index >= 15 is 0 Å². The van der Waals surface area contributed by atoms with E-state index in [0.29, 0.717) is 24.2 Å². The van der Waals surface area contributed by atoms with Gasteiger partial charge >= 0.3 is 0 Å². The van der Waals surface area contributed by atoms with E-state index in [4.69, 9.17) is 15.2 Å². The van der Waals surface area contributed by atoms with E-state index in [2.05, 4.69) is 40.8 Å². The van der Waals surface area contributed by atoms with Gasteiger partial charge in [-0.2, -0.15) is 0 Å². The molecule has 0 spiro atoms. The molecule has 0 aliphatic carbocycles. The van der Waals surface area contributed by atoms with Gasteiger partial charge in [0.2, 0.25) is 5.88 Å². The summed E-state index contributed by atoms with van der Waals surface area (Å²) in [4.78, 5) is 4.57. The van der Waals surface area contributed by atoms with Gasteiger partial charge in [-0.3, -0.25) is 0 Å². The number of halogens is 1. The molecular weight excluding hydrogens is 392 g/mol. The molecule has 5 heteroatoms. The Morgan fingerprint density at radius 3 is 2.54 bits per heavy atom. The molecule has 0 aliphatic rings. The molecule has 0 bridgehead atoms. The van der Waals surface area contributed by atoms with Crippen LogP contribution >= 0.6 is 15.9 Å². The number of benzene rings is 2. The molecule has 1 unspecified atom stereocenters. The van der Waals surface area contributed by atoms with E-state index in [9.17, 15) is 0 Å². The van der Waals surface area contributed by atoms with E-state index in [1.54, 1.807) is 0 Å². The van der Waals surface area contributed by atoms with Crippen molar-refractivity contribution in [2.24, 2.45) is 11.7 Å². The summed E-state index contributed by atoms with van der Waals surface area (Å²) in [5.74, 6) is 2.53. The molecule has 2 N–H and O–H groups in total. The fourth-order valence-corrected chi connectivity index (χ4v) is 2.98. The standard InChI is InChI=1S/C21H23BrN2O2/c1-13(2)12-25-20-8-6-17(11-18(20)22)26-21-9-5-16-10-15(14(3)23)4-7-19(16)24-21/h4-11,13-14H,12,23H2,1-3H3. The Morgan fingerprint density at radius 2 is 1.85 bits per heavy atom. The first-order valence-electron chi connectivity index (χ1n) is 8.69. The van der Waals surface area contributed by atoms with Gasteiger partial charge in [0.1, 0.15) is 11.5 Å². The largest absolute Gasteiger partial charge is 0.492 e. The number of hydrogen-bond donors (Lipinski definition) is 1. The molecule has 2 aromatic carbocycles. The van der Waals surface area contributed by atoms with Crippen LogP contribution in [0.25, 0.3) is 10.9 Å². The molecular formula is C21H23BrN2O2. The van der Waals surface area contributed by atoms with Crippen LogP contribution in [0.4, 0.5) is 0 Å². The monoisotopic (exact) mass is 414 g/mol. The van der Waals surface area contributed by atoms with Crippen molar-refractivity contribution in [3.8, 4) is 17.4 Å². The minimum absolute atomic E-state index is 0.00380. The van der Waals surface area contributed by atoms with Gasteiger partial charge < -0.3 is 15.2 Å². The lowest BCUT2D eigenvalue weighted by Crippen LogP contribution is -2.04. The van der Waals surface area contributed by atoms with Gasteiger partial charge in [0.15, 0.2) is 0 Å². The average molecular weight is 415 g/mol. The zero-order valence-electron chi connectivity index (χ0n) is 15.2. The third-order valence-corrected chi connectivity index (χ3v) is 4.53. The summed E-state index contributed by atoms with van der Waals surface area (Å²) in [6, 6.07) is 15.6. The summed E-state index contributed by atoms with van der Waals surface area (Å²) < 4.78 is 12.5. The summed E-state index contributed by atoms with van der Waals surface area (Å²) >= 11 is 3.53. The normalized spacial score (nSPS) is 12.4. The molecule has 1 heterocycles. The van der Waals surface area contributed by atoms with Crippen molar-refractivity contribution in [2.75, 3.05) is 6.61 Å². The molecule has 0 saturated carbocycles. The molecule has 26 heavy (non-hydrogen) atoms. The van der Waals surface area contributed by atoms with E-state index in [1.165, 1.54) is 0 Å². The topological polar surface area (TPSA) is 57.4 Å². The maximum Gasteiger partial charge on any atom is 0.219 e. The fraction of sp³-hybridized carbons (Fsp3) is 0.286. The molecule has 3 aromatic rings. The first kappa shape index (κ1) is 18.7. The Kier molecular flexibility index (Phi) is 5.79.